The molecule has 1 aromatic carbocycles. The smallest absolute Gasteiger partial charge is 0.123 e. The van der Waals surface area contributed by atoms with Crippen LogP contribution in [0.2, 0.25) is 0 Å². The van der Waals surface area contributed by atoms with Crippen LogP contribution in [0.25, 0.3) is 0 Å². The van der Waals surface area contributed by atoms with Crippen LogP contribution < -0.4 is 10.6 Å². The van der Waals surface area contributed by atoms with E-state index in [9.17, 15) is 4.39 Å². The molecular weight excluding hydrogens is 241 g/mol. The summed E-state index contributed by atoms with van der Waals surface area (Å²) in [6, 6.07) is 6.77. The molecule has 0 aliphatic carbocycles. The Morgan fingerprint density at radius 3 is 2.21 bits per heavy atom. The molecule has 0 amide bonds. The predicted molar refractivity (Wildman–Crippen MR) is 77.9 cm³/mol. The van der Waals surface area contributed by atoms with Gasteiger partial charge in [-0.3, -0.25) is 4.90 Å². The van der Waals surface area contributed by atoms with Crippen molar-refractivity contribution in [2.24, 2.45) is 11.1 Å². The molecule has 3 nitrogen and oxygen atoms in total. The molecule has 1 heterocycles. The molecule has 19 heavy (non-hydrogen) atoms. The molecule has 0 spiro atoms. The zero-order valence-corrected chi connectivity index (χ0v) is 11.9. The zero-order valence-electron chi connectivity index (χ0n) is 11.9. The van der Waals surface area contributed by atoms with Gasteiger partial charge in [-0.2, -0.15) is 0 Å². The molecular formula is C15H24FN3. The lowest BCUT2D eigenvalue weighted by atomic mass is 9.93. The van der Waals surface area contributed by atoms with Crippen LogP contribution in [0.5, 0.6) is 0 Å². The second-order valence-electron chi connectivity index (χ2n) is 6.11. The van der Waals surface area contributed by atoms with Crippen LogP contribution in [0.15, 0.2) is 24.3 Å². The highest BCUT2D eigenvalue weighted by atomic mass is 19.1. The van der Waals surface area contributed by atoms with Gasteiger partial charge in [-0.15, -0.1) is 0 Å². The van der Waals surface area contributed by atoms with Gasteiger partial charge in [0.2, 0.25) is 0 Å². The Labute approximate surface area is 115 Å². The van der Waals surface area contributed by atoms with Crippen molar-refractivity contribution in [2.75, 3.05) is 44.2 Å². The summed E-state index contributed by atoms with van der Waals surface area (Å²) in [5.41, 5.74) is 7.07. The average Bonchev–Trinajstić information content (AvgIpc) is 2.40. The molecule has 1 aliphatic heterocycles. The minimum atomic E-state index is -0.174. The van der Waals surface area contributed by atoms with E-state index in [2.05, 4.69) is 23.6 Å². The zero-order chi connectivity index (χ0) is 13.9. The highest BCUT2D eigenvalue weighted by Gasteiger charge is 2.23. The van der Waals surface area contributed by atoms with Crippen LogP contribution in [-0.2, 0) is 0 Å². The Hall–Kier alpha value is -1.13. The third kappa shape index (κ3) is 3.91. The van der Waals surface area contributed by atoms with E-state index in [4.69, 9.17) is 5.73 Å². The number of hydrogen-bond acceptors (Lipinski definition) is 3. The summed E-state index contributed by atoms with van der Waals surface area (Å²) >= 11 is 0. The Balaban J connectivity index is 1.87. The normalized spacial score (nSPS) is 17.8. The van der Waals surface area contributed by atoms with Crippen LogP contribution >= 0.6 is 0 Å². The largest absolute Gasteiger partial charge is 0.369 e. The van der Waals surface area contributed by atoms with Gasteiger partial charge in [0.1, 0.15) is 5.82 Å². The fourth-order valence-corrected chi connectivity index (χ4v) is 2.49. The number of anilines is 1. The van der Waals surface area contributed by atoms with Crippen molar-refractivity contribution in [1.82, 2.24) is 4.90 Å². The van der Waals surface area contributed by atoms with Crippen LogP contribution in [-0.4, -0.2) is 44.2 Å². The van der Waals surface area contributed by atoms with Gasteiger partial charge in [-0.1, -0.05) is 13.8 Å². The highest BCUT2D eigenvalue weighted by molar-refractivity contribution is 5.46. The summed E-state index contributed by atoms with van der Waals surface area (Å²) in [5.74, 6) is -0.174. The molecule has 2 N–H and O–H groups in total. The molecule has 1 fully saturated rings. The van der Waals surface area contributed by atoms with Crippen molar-refractivity contribution >= 4 is 5.69 Å². The number of hydrogen-bond donors (Lipinski definition) is 1. The van der Waals surface area contributed by atoms with E-state index in [-0.39, 0.29) is 11.2 Å². The fraction of sp³-hybridized carbons (Fsp3) is 0.600. The molecule has 0 unspecified atom stereocenters. The number of piperazine rings is 1. The molecule has 1 saturated heterocycles. The Morgan fingerprint density at radius 2 is 1.68 bits per heavy atom. The van der Waals surface area contributed by atoms with Crippen molar-refractivity contribution in [2.45, 2.75) is 13.8 Å². The molecule has 0 atom stereocenters. The number of benzene rings is 1. The molecule has 4 heteroatoms. The molecule has 1 aliphatic rings. The van der Waals surface area contributed by atoms with Gasteiger partial charge in [0.25, 0.3) is 0 Å². The van der Waals surface area contributed by atoms with Gasteiger partial charge in [0.15, 0.2) is 0 Å². The molecule has 0 saturated carbocycles. The molecule has 0 bridgehead atoms. The van der Waals surface area contributed by atoms with Gasteiger partial charge in [0, 0.05) is 38.4 Å². The summed E-state index contributed by atoms with van der Waals surface area (Å²) in [4.78, 5) is 4.78. The summed E-state index contributed by atoms with van der Waals surface area (Å²) in [7, 11) is 0. The van der Waals surface area contributed by atoms with E-state index in [1.165, 1.54) is 12.1 Å². The quantitative estimate of drug-likeness (QED) is 0.903. The Kier molecular flexibility index (Phi) is 4.42. The number of halogens is 1. The second-order valence-corrected chi connectivity index (χ2v) is 6.11. The first kappa shape index (κ1) is 14.3. The minimum absolute atomic E-state index is 0.174. The topological polar surface area (TPSA) is 32.5 Å². The predicted octanol–water partition coefficient (Wildman–Crippen LogP) is 1.93. The van der Waals surface area contributed by atoms with Crippen LogP contribution in [0.1, 0.15) is 13.8 Å². The van der Waals surface area contributed by atoms with Crippen LogP contribution in [0.3, 0.4) is 0 Å². The Bertz CT molecular complexity index is 394. The van der Waals surface area contributed by atoms with Crippen LogP contribution in [0, 0.1) is 11.2 Å². The second kappa shape index (κ2) is 5.88. The maximum Gasteiger partial charge on any atom is 0.123 e. The third-order valence-electron chi connectivity index (χ3n) is 3.77. The average molecular weight is 265 g/mol. The summed E-state index contributed by atoms with van der Waals surface area (Å²) in [5, 5.41) is 0. The van der Waals surface area contributed by atoms with Gasteiger partial charge >= 0.3 is 0 Å². The molecule has 2 rings (SSSR count). The van der Waals surface area contributed by atoms with Gasteiger partial charge in [-0.25, -0.2) is 4.39 Å². The van der Waals surface area contributed by atoms with E-state index < -0.39 is 0 Å². The first-order valence-electron chi connectivity index (χ1n) is 6.93. The van der Waals surface area contributed by atoms with Crippen molar-refractivity contribution in [1.29, 1.82) is 0 Å². The summed E-state index contributed by atoms with van der Waals surface area (Å²) in [6.45, 7) is 10.2. The van der Waals surface area contributed by atoms with Crippen molar-refractivity contribution < 1.29 is 4.39 Å². The van der Waals surface area contributed by atoms with Gasteiger partial charge < -0.3 is 10.6 Å². The maximum atomic E-state index is 12.9. The Morgan fingerprint density at radius 1 is 1.11 bits per heavy atom. The number of nitrogens with zero attached hydrogens (tertiary/aromatic N) is 2. The van der Waals surface area contributed by atoms with Gasteiger partial charge in [0.05, 0.1) is 0 Å². The first-order chi connectivity index (χ1) is 9.00. The van der Waals surface area contributed by atoms with E-state index >= 15 is 0 Å². The van der Waals surface area contributed by atoms with Crippen LogP contribution in [0.4, 0.5) is 10.1 Å². The van der Waals surface area contributed by atoms with Crippen molar-refractivity contribution in [3.05, 3.63) is 30.1 Å². The first-order valence-corrected chi connectivity index (χ1v) is 6.93. The lowest BCUT2D eigenvalue weighted by Crippen LogP contribution is -2.50. The van der Waals surface area contributed by atoms with Crippen molar-refractivity contribution in [3.8, 4) is 0 Å². The lowest BCUT2D eigenvalue weighted by Gasteiger charge is -2.39. The standard InChI is InChI=1S/C15H24FN3/c1-15(2,11-17)12-18-7-9-19(10-8-18)14-5-3-13(16)4-6-14/h3-6H,7-12,17H2,1-2H3. The maximum absolute atomic E-state index is 12.9. The molecule has 1 aromatic rings. The number of rotatable bonds is 4. The third-order valence-corrected chi connectivity index (χ3v) is 3.77. The summed E-state index contributed by atoms with van der Waals surface area (Å²) in [6.07, 6.45) is 0. The van der Waals surface area contributed by atoms with E-state index in [0.717, 1.165) is 38.4 Å². The van der Waals surface area contributed by atoms with E-state index in [0.29, 0.717) is 6.54 Å². The van der Waals surface area contributed by atoms with Crippen molar-refractivity contribution in [3.63, 3.8) is 0 Å². The van der Waals surface area contributed by atoms with E-state index in [1.54, 1.807) is 0 Å². The molecule has 0 radical (unpaired) electrons. The summed E-state index contributed by atoms with van der Waals surface area (Å²) < 4.78 is 12.9. The number of nitrogens with two attached hydrogens (primary N) is 1. The molecule has 0 aromatic heterocycles. The SMILES string of the molecule is CC(C)(CN)CN1CCN(c2ccc(F)cc2)CC1. The minimum Gasteiger partial charge on any atom is -0.369 e. The monoisotopic (exact) mass is 265 g/mol. The lowest BCUT2D eigenvalue weighted by molar-refractivity contribution is 0.174. The fourth-order valence-electron chi connectivity index (χ4n) is 2.49. The highest BCUT2D eigenvalue weighted by Crippen LogP contribution is 2.20. The van der Waals surface area contributed by atoms with Gasteiger partial charge in [-0.05, 0) is 36.2 Å². The molecule has 106 valence electrons. The van der Waals surface area contributed by atoms with E-state index in [1.807, 2.05) is 12.1 Å².